The Balaban J connectivity index is 0.000000845. The van der Waals surface area contributed by atoms with Crippen molar-refractivity contribution in [3.8, 4) is 0 Å². The van der Waals surface area contributed by atoms with Crippen molar-refractivity contribution in [1.82, 2.24) is 0 Å². The van der Waals surface area contributed by atoms with Crippen molar-refractivity contribution in [2.75, 3.05) is 0 Å². The van der Waals surface area contributed by atoms with Gasteiger partial charge in [0.05, 0.1) is 0 Å². The summed E-state index contributed by atoms with van der Waals surface area (Å²) in [6.45, 7) is 0. The predicted octanol–water partition coefficient (Wildman–Crippen LogP) is 3.25. The average Bonchev–Trinajstić information content (AvgIpc) is 2.74. The van der Waals surface area contributed by atoms with Crippen LogP contribution in [0.4, 0.5) is 0 Å². The fourth-order valence-corrected chi connectivity index (χ4v) is 1.73. The molecule has 0 spiro atoms. The van der Waals surface area contributed by atoms with Crippen LogP contribution < -0.4 is 0 Å². The minimum Gasteiger partial charge on any atom is -0.0776 e. The third kappa shape index (κ3) is 3.23. The number of rotatable bonds is 3. The van der Waals surface area contributed by atoms with Crippen molar-refractivity contribution in [2.24, 2.45) is 11.8 Å². The van der Waals surface area contributed by atoms with E-state index in [0.29, 0.717) is 11.8 Å². The summed E-state index contributed by atoms with van der Waals surface area (Å²) in [7, 11) is 0. The van der Waals surface area contributed by atoms with Crippen LogP contribution in [0.5, 0.6) is 0 Å². The summed E-state index contributed by atoms with van der Waals surface area (Å²) in [6, 6.07) is 0. The molecule has 0 aromatic heterocycles. The van der Waals surface area contributed by atoms with Gasteiger partial charge in [-0.1, -0.05) is 48.6 Å². The first-order valence-electron chi connectivity index (χ1n) is 4.65. The molecule has 0 aromatic rings. The van der Waals surface area contributed by atoms with E-state index in [0.717, 1.165) is 0 Å². The van der Waals surface area contributed by atoms with E-state index in [9.17, 15) is 0 Å². The zero-order chi connectivity index (χ0) is 8.23. The SMILES string of the molecule is C1=CC(CCC2C=CC=C2)C=C1.[Zr]. The topological polar surface area (TPSA) is 0 Å². The molecule has 0 fully saturated rings. The first-order valence-corrected chi connectivity index (χ1v) is 4.65. The van der Waals surface area contributed by atoms with Gasteiger partial charge < -0.3 is 0 Å². The van der Waals surface area contributed by atoms with Gasteiger partial charge >= 0.3 is 0 Å². The van der Waals surface area contributed by atoms with Crippen LogP contribution in [0, 0.1) is 11.8 Å². The molecule has 0 radical (unpaired) electrons. The fraction of sp³-hybridized carbons (Fsp3) is 0.333. The molecule has 0 heterocycles. The Bertz CT molecular complexity index is 206. The molecule has 13 heavy (non-hydrogen) atoms. The van der Waals surface area contributed by atoms with Crippen molar-refractivity contribution in [3.63, 3.8) is 0 Å². The average molecular weight is 249 g/mol. The smallest absolute Gasteiger partial charge is 0 e. The third-order valence-corrected chi connectivity index (χ3v) is 2.49. The Hall–Kier alpha value is -0.157. The summed E-state index contributed by atoms with van der Waals surface area (Å²) in [5, 5.41) is 0. The van der Waals surface area contributed by atoms with Crippen LogP contribution in [0.25, 0.3) is 0 Å². The number of hydrogen-bond acceptors (Lipinski definition) is 0. The number of allylic oxidation sites excluding steroid dienone is 8. The molecule has 66 valence electrons. The van der Waals surface area contributed by atoms with Crippen molar-refractivity contribution in [3.05, 3.63) is 48.6 Å². The van der Waals surface area contributed by atoms with Crippen LogP contribution in [0.15, 0.2) is 48.6 Å². The molecule has 0 aromatic carbocycles. The fourth-order valence-electron chi connectivity index (χ4n) is 1.73. The molecule has 2 aliphatic carbocycles. The number of hydrogen-bond donors (Lipinski definition) is 0. The van der Waals surface area contributed by atoms with Crippen LogP contribution in [0.3, 0.4) is 0 Å². The predicted molar refractivity (Wildman–Crippen MR) is 52.8 cm³/mol. The largest absolute Gasteiger partial charge is 0.0776 e. The molecule has 0 amide bonds. The van der Waals surface area contributed by atoms with Crippen LogP contribution in [0.2, 0.25) is 0 Å². The Morgan fingerprint density at radius 2 is 0.923 bits per heavy atom. The molecular formula is C12H14Zr. The standard InChI is InChI=1S/C12H14.Zr/c1-2-6-11(5-1)9-10-12-7-3-4-8-12;/h1-8,11-12H,9-10H2;. The summed E-state index contributed by atoms with van der Waals surface area (Å²) < 4.78 is 0. The van der Waals surface area contributed by atoms with Crippen molar-refractivity contribution >= 4 is 0 Å². The molecule has 0 aliphatic heterocycles. The van der Waals surface area contributed by atoms with E-state index in [1.54, 1.807) is 0 Å². The van der Waals surface area contributed by atoms with Gasteiger partial charge in [0.25, 0.3) is 0 Å². The molecule has 0 saturated heterocycles. The Morgan fingerprint density at radius 1 is 0.615 bits per heavy atom. The molecule has 0 unspecified atom stereocenters. The third-order valence-electron chi connectivity index (χ3n) is 2.49. The van der Waals surface area contributed by atoms with E-state index in [1.165, 1.54) is 12.8 Å². The maximum Gasteiger partial charge on any atom is 0 e. The molecule has 2 aliphatic rings. The van der Waals surface area contributed by atoms with Gasteiger partial charge in [-0.3, -0.25) is 0 Å². The summed E-state index contributed by atoms with van der Waals surface area (Å²) in [5.74, 6) is 1.40. The summed E-state index contributed by atoms with van der Waals surface area (Å²) in [4.78, 5) is 0. The molecule has 0 atom stereocenters. The first kappa shape index (κ1) is 10.9. The molecular weight excluding hydrogens is 235 g/mol. The van der Waals surface area contributed by atoms with Gasteiger partial charge in [0.15, 0.2) is 0 Å². The Morgan fingerprint density at radius 3 is 1.23 bits per heavy atom. The first-order chi connectivity index (χ1) is 5.95. The molecule has 0 bridgehead atoms. The Labute approximate surface area is 99.2 Å². The van der Waals surface area contributed by atoms with E-state index in [-0.39, 0.29) is 26.2 Å². The van der Waals surface area contributed by atoms with E-state index >= 15 is 0 Å². The zero-order valence-corrected chi connectivity index (χ0v) is 10.1. The normalized spacial score (nSPS) is 20.0. The minimum atomic E-state index is 0. The van der Waals surface area contributed by atoms with Crippen LogP contribution >= 0.6 is 0 Å². The van der Waals surface area contributed by atoms with E-state index < -0.39 is 0 Å². The second kappa shape index (κ2) is 5.55. The van der Waals surface area contributed by atoms with Crippen LogP contribution in [-0.2, 0) is 26.2 Å². The van der Waals surface area contributed by atoms with Gasteiger partial charge in [-0.05, 0) is 24.7 Å². The second-order valence-electron chi connectivity index (χ2n) is 3.44. The molecule has 1 heteroatoms. The van der Waals surface area contributed by atoms with Gasteiger partial charge in [-0.25, -0.2) is 0 Å². The van der Waals surface area contributed by atoms with Crippen LogP contribution in [0.1, 0.15) is 12.8 Å². The van der Waals surface area contributed by atoms with Crippen molar-refractivity contribution in [2.45, 2.75) is 12.8 Å². The molecule has 0 nitrogen and oxygen atoms in total. The summed E-state index contributed by atoms with van der Waals surface area (Å²) in [5.41, 5.74) is 0. The van der Waals surface area contributed by atoms with Gasteiger partial charge in [0.2, 0.25) is 0 Å². The van der Waals surface area contributed by atoms with Crippen LogP contribution in [-0.4, -0.2) is 0 Å². The van der Waals surface area contributed by atoms with E-state index in [2.05, 4.69) is 48.6 Å². The van der Waals surface area contributed by atoms with E-state index in [4.69, 9.17) is 0 Å². The van der Waals surface area contributed by atoms with Gasteiger partial charge in [-0.15, -0.1) is 0 Å². The van der Waals surface area contributed by atoms with Gasteiger partial charge in [-0.2, -0.15) is 0 Å². The molecule has 0 N–H and O–H groups in total. The summed E-state index contributed by atoms with van der Waals surface area (Å²) >= 11 is 0. The molecule has 2 rings (SSSR count). The maximum absolute atomic E-state index is 2.28. The maximum atomic E-state index is 2.28. The van der Waals surface area contributed by atoms with Gasteiger partial charge in [0, 0.05) is 26.2 Å². The summed E-state index contributed by atoms with van der Waals surface area (Å²) in [6.07, 6.45) is 20.3. The van der Waals surface area contributed by atoms with Crippen molar-refractivity contribution < 1.29 is 26.2 Å². The second-order valence-corrected chi connectivity index (χ2v) is 3.44. The van der Waals surface area contributed by atoms with Gasteiger partial charge in [0.1, 0.15) is 0 Å². The monoisotopic (exact) mass is 248 g/mol. The Kier molecular flexibility index (Phi) is 4.66. The van der Waals surface area contributed by atoms with Crippen molar-refractivity contribution in [1.29, 1.82) is 0 Å². The van der Waals surface area contributed by atoms with E-state index in [1.807, 2.05) is 0 Å². The zero-order valence-electron chi connectivity index (χ0n) is 7.69. The quantitative estimate of drug-likeness (QED) is 0.720. The minimum absolute atomic E-state index is 0. The molecule has 0 saturated carbocycles.